The number of pyridine rings is 1. The molecule has 0 bridgehead atoms. The number of hydrogen-bond acceptors (Lipinski definition) is 9. The molecule has 3 aromatic heterocycles. The molecule has 0 fully saturated rings. The predicted octanol–water partition coefficient (Wildman–Crippen LogP) is 3.12. The number of aromatic nitrogens is 5. The smallest absolute Gasteiger partial charge is 0.271 e. The Morgan fingerprint density at radius 2 is 1.85 bits per heavy atom. The van der Waals surface area contributed by atoms with E-state index in [1.807, 2.05) is 11.6 Å². The number of anilines is 3. The summed E-state index contributed by atoms with van der Waals surface area (Å²) in [5.41, 5.74) is 8.61. The maximum absolute atomic E-state index is 12.6. The lowest BCUT2D eigenvalue weighted by Gasteiger charge is -2.15. The van der Waals surface area contributed by atoms with E-state index < -0.39 is 15.6 Å². The summed E-state index contributed by atoms with van der Waals surface area (Å²) < 4.78 is 22.6. The number of carbonyl (C=O) groups is 1. The van der Waals surface area contributed by atoms with E-state index in [9.17, 15) is 9.00 Å². The van der Waals surface area contributed by atoms with Crippen LogP contribution in [0.5, 0.6) is 0 Å². The second-order valence-corrected chi connectivity index (χ2v) is 10.6. The predicted molar refractivity (Wildman–Crippen MR) is 132 cm³/mol. The fourth-order valence-electron chi connectivity index (χ4n) is 3.42. The first-order valence-electron chi connectivity index (χ1n) is 10.4. The molecule has 1 atom stereocenters. The van der Waals surface area contributed by atoms with Crippen LogP contribution in [0, 0.1) is 4.78 Å². The summed E-state index contributed by atoms with van der Waals surface area (Å²) in [4.78, 5) is 30.5. The molecule has 11 nitrogen and oxygen atoms in total. The van der Waals surface area contributed by atoms with Gasteiger partial charge in [-0.25, -0.2) is 23.9 Å². The van der Waals surface area contributed by atoms with Crippen molar-refractivity contribution in [2.24, 2.45) is 12.8 Å². The fraction of sp³-hybridized carbons (Fsp3) is 0.227. The average Bonchev–Trinajstić information content (AvgIpc) is 3.20. The van der Waals surface area contributed by atoms with E-state index in [4.69, 9.17) is 10.5 Å². The number of imidazole rings is 1. The van der Waals surface area contributed by atoms with E-state index in [0.29, 0.717) is 33.2 Å². The van der Waals surface area contributed by atoms with Crippen LogP contribution >= 0.6 is 0 Å². The Bertz CT molecular complexity index is 1490. The van der Waals surface area contributed by atoms with Gasteiger partial charge in [-0.3, -0.25) is 9.78 Å². The van der Waals surface area contributed by atoms with Crippen molar-refractivity contribution in [3.63, 3.8) is 0 Å². The van der Waals surface area contributed by atoms with Crippen LogP contribution in [0.1, 0.15) is 24.3 Å². The number of amides is 1. The summed E-state index contributed by atoms with van der Waals surface area (Å²) in [6.07, 6.45) is 4.98. The van der Waals surface area contributed by atoms with Crippen LogP contribution in [0.15, 0.2) is 47.9 Å². The van der Waals surface area contributed by atoms with Crippen molar-refractivity contribution in [3.05, 3.63) is 48.7 Å². The van der Waals surface area contributed by atoms with Crippen molar-refractivity contribution in [2.75, 3.05) is 17.7 Å². The van der Waals surface area contributed by atoms with Crippen LogP contribution in [0.2, 0.25) is 0 Å². The SMILES string of the molecule is CNc1nc(Nc2ccc([S@](=N)(=O)C(C)C)cc2)c(C(N)=O)nc1-c1cncc2c1ncn2C. The standard InChI is InChI=1S/C22H25N9O2S/c1-12(2)34(24,33)14-7-5-13(6-8-14)28-22-19(20(23)32)29-18(21(25-3)30-22)15-9-26-10-16-17(15)27-11-31(16)4/h5-12,24H,1-4H3,(H2,23,32)(H2,25,28,30)/t34-/m1/s1. The third-order valence-corrected chi connectivity index (χ3v) is 7.69. The number of rotatable bonds is 7. The lowest BCUT2D eigenvalue weighted by molar-refractivity contribution is 0.0996. The lowest BCUT2D eigenvalue weighted by atomic mass is 10.1. The number of nitrogens with one attached hydrogen (secondary N) is 3. The van der Waals surface area contributed by atoms with Gasteiger partial charge in [-0.05, 0) is 38.1 Å². The molecule has 0 radical (unpaired) electrons. The van der Waals surface area contributed by atoms with Crippen LogP contribution in [0.25, 0.3) is 22.3 Å². The first-order chi connectivity index (χ1) is 16.1. The van der Waals surface area contributed by atoms with Gasteiger partial charge in [0.2, 0.25) is 0 Å². The number of benzene rings is 1. The zero-order valence-corrected chi connectivity index (χ0v) is 20.0. The van der Waals surface area contributed by atoms with E-state index in [0.717, 1.165) is 5.52 Å². The second kappa shape index (κ2) is 8.71. The van der Waals surface area contributed by atoms with E-state index in [1.165, 1.54) is 0 Å². The molecule has 1 aromatic carbocycles. The van der Waals surface area contributed by atoms with Gasteiger partial charge in [0.05, 0.1) is 33.3 Å². The highest BCUT2D eigenvalue weighted by Gasteiger charge is 2.21. The number of fused-ring (bicyclic) bond motifs is 1. The second-order valence-electron chi connectivity index (χ2n) is 7.94. The highest BCUT2D eigenvalue weighted by Crippen LogP contribution is 2.32. The molecule has 5 N–H and O–H groups in total. The van der Waals surface area contributed by atoms with Gasteiger partial charge in [0.25, 0.3) is 5.91 Å². The Balaban J connectivity index is 1.78. The molecule has 0 unspecified atom stereocenters. The molecule has 0 aliphatic heterocycles. The van der Waals surface area contributed by atoms with Crippen molar-refractivity contribution in [2.45, 2.75) is 24.0 Å². The van der Waals surface area contributed by atoms with Crippen molar-refractivity contribution >= 4 is 44.0 Å². The van der Waals surface area contributed by atoms with Crippen molar-refractivity contribution in [3.8, 4) is 11.3 Å². The van der Waals surface area contributed by atoms with Crippen LogP contribution in [0.4, 0.5) is 17.3 Å². The Morgan fingerprint density at radius 1 is 1.15 bits per heavy atom. The fourth-order valence-corrected chi connectivity index (χ4v) is 4.51. The largest absolute Gasteiger partial charge is 0.371 e. The van der Waals surface area contributed by atoms with Gasteiger partial charge in [-0.1, -0.05) is 0 Å². The van der Waals surface area contributed by atoms with E-state index in [1.54, 1.807) is 63.9 Å². The van der Waals surface area contributed by atoms with Gasteiger partial charge in [-0.2, -0.15) is 0 Å². The third kappa shape index (κ3) is 4.03. The van der Waals surface area contributed by atoms with Gasteiger partial charge in [0.15, 0.2) is 17.3 Å². The molecule has 34 heavy (non-hydrogen) atoms. The number of aryl methyl sites for hydroxylation is 1. The Labute approximate surface area is 196 Å². The van der Waals surface area contributed by atoms with Gasteiger partial charge in [-0.15, -0.1) is 0 Å². The molecule has 0 aliphatic carbocycles. The minimum absolute atomic E-state index is 0.0579. The topological polar surface area (TPSA) is 165 Å². The van der Waals surface area contributed by atoms with Gasteiger partial charge < -0.3 is 20.9 Å². The quantitative estimate of drug-likeness (QED) is 0.314. The molecule has 12 heteroatoms. The maximum Gasteiger partial charge on any atom is 0.271 e. The summed E-state index contributed by atoms with van der Waals surface area (Å²) >= 11 is 0. The van der Waals surface area contributed by atoms with Crippen LogP contribution in [-0.2, 0) is 16.8 Å². The molecule has 0 aliphatic rings. The van der Waals surface area contributed by atoms with Crippen molar-refractivity contribution in [1.29, 1.82) is 4.78 Å². The summed E-state index contributed by atoms with van der Waals surface area (Å²) in [5.74, 6) is -0.200. The summed E-state index contributed by atoms with van der Waals surface area (Å²) in [7, 11) is 0.648. The van der Waals surface area contributed by atoms with Gasteiger partial charge in [0.1, 0.15) is 11.2 Å². The Hall–Kier alpha value is -4.06. The van der Waals surface area contributed by atoms with Crippen molar-refractivity contribution in [1.82, 2.24) is 24.5 Å². The number of carbonyl (C=O) groups excluding carboxylic acids is 1. The Kier molecular flexibility index (Phi) is 5.92. The van der Waals surface area contributed by atoms with E-state index in [-0.39, 0.29) is 16.8 Å². The molecule has 0 spiro atoms. The average molecular weight is 480 g/mol. The highest BCUT2D eigenvalue weighted by atomic mass is 32.2. The van der Waals surface area contributed by atoms with Gasteiger partial charge in [0, 0.05) is 36.1 Å². The minimum Gasteiger partial charge on any atom is -0.371 e. The number of hydrogen-bond donors (Lipinski definition) is 4. The van der Waals surface area contributed by atoms with E-state index >= 15 is 0 Å². The number of nitrogens with zero attached hydrogens (tertiary/aromatic N) is 5. The Morgan fingerprint density at radius 3 is 2.47 bits per heavy atom. The molecule has 0 saturated heterocycles. The summed E-state index contributed by atoms with van der Waals surface area (Å²) in [6, 6.07) is 6.58. The number of nitrogens with two attached hydrogens (primary N) is 1. The van der Waals surface area contributed by atoms with Crippen molar-refractivity contribution < 1.29 is 9.00 Å². The summed E-state index contributed by atoms with van der Waals surface area (Å²) in [5, 5.41) is 5.74. The minimum atomic E-state index is -2.90. The molecular weight excluding hydrogens is 454 g/mol. The van der Waals surface area contributed by atoms with Crippen LogP contribution < -0.4 is 16.4 Å². The van der Waals surface area contributed by atoms with Crippen LogP contribution in [-0.4, -0.2) is 46.9 Å². The molecule has 176 valence electrons. The van der Waals surface area contributed by atoms with E-state index in [2.05, 4.69) is 30.6 Å². The first kappa shape index (κ1) is 23.1. The van der Waals surface area contributed by atoms with Crippen LogP contribution in [0.3, 0.4) is 0 Å². The normalized spacial score (nSPS) is 13.1. The molecule has 3 heterocycles. The zero-order valence-electron chi connectivity index (χ0n) is 19.2. The molecular formula is C22H25N9O2S. The highest BCUT2D eigenvalue weighted by molar-refractivity contribution is 7.93. The third-order valence-electron chi connectivity index (χ3n) is 5.39. The lowest BCUT2D eigenvalue weighted by Crippen LogP contribution is -2.18. The molecule has 4 aromatic rings. The number of primary amides is 1. The zero-order chi connectivity index (χ0) is 24.6. The summed E-state index contributed by atoms with van der Waals surface area (Å²) in [6.45, 7) is 3.50. The molecule has 1 amide bonds. The van der Waals surface area contributed by atoms with Gasteiger partial charge >= 0.3 is 0 Å². The maximum atomic E-state index is 12.6. The molecule has 4 rings (SSSR count). The molecule has 0 saturated carbocycles. The first-order valence-corrected chi connectivity index (χ1v) is 12.0. The monoisotopic (exact) mass is 479 g/mol.